The first kappa shape index (κ1) is 17.8. The van der Waals surface area contributed by atoms with Crippen molar-refractivity contribution in [3.63, 3.8) is 0 Å². The Labute approximate surface area is 161 Å². The Morgan fingerprint density at radius 2 is 1.86 bits per heavy atom. The van der Waals surface area contributed by atoms with Crippen LogP contribution in [0, 0.1) is 0 Å². The number of nitrogens with zero attached hydrogens (tertiary/aromatic N) is 2. The van der Waals surface area contributed by atoms with Gasteiger partial charge in [0.15, 0.2) is 0 Å². The third-order valence-corrected chi connectivity index (χ3v) is 4.94. The molecular formula is C21H19N3O4. The van der Waals surface area contributed by atoms with Crippen molar-refractivity contribution in [2.45, 2.75) is 19.0 Å². The first-order valence-electron chi connectivity index (χ1n) is 8.85. The molecule has 1 aromatic heterocycles. The van der Waals surface area contributed by atoms with E-state index in [4.69, 9.17) is 15.0 Å². The number of hydrogen-bond donors (Lipinski definition) is 1. The van der Waals surface area contributed by atoms with Crippen LogP contribution in [-0.4, -0.2) is 35.0 Å². The van der Waals surface area contributed by atoms with Gasteiger partial charge >= 0.3 is 0 Å². The minimum atomic E-state index is -0.725. The summed E-state index contributed by atoms with van der Waals surface area (Å²) in [6.07, 6.45) is 0.386. The summed E-state index contributed by atoms with van der Waals surface area (Å²) in [6.45, 7) is 0.293. The number of ether oxygens (including phenoxy) is 1. The minimum Gasteiger partial charge on any atom is -0.497 e. The van der Waals surface area contributed by atoms with Crippen LogP contribution in [0.5, 0.6) is 5.75 Å². The van der Waals surface area contributed by atoms with E-state index in [2.05, 4.69) is 5.16 Å². The van der Waals surface area contributed by atoms with E-state index in [0.29, 0.717) is 18.7 Å². The number of methoxy groups -OCH3 is 1. The molecule has 0 saturated carbocycles. The number of primary amides is 1. The molecule has 0 fully saturated rings. The topological polar surface area (TPSA) is 98.7 Å². The van der Waals surface area contributed by atoms with Crippen LogP contribution >= 0.6 is 0 Å². The number of aromatic nitrogens is 1. The van der Waals surface area contributed by atoms with Crippen LogP contribution in [0.2, 0.25) is 0 Å². The Morgan fingerprint density at radius 1 is 1.14 bits per heavy atom. The molecule has 0 saturated heterocycles. The zero-order chi connectivity index (χ0) is 19.7. The van der Waals surface area contributed by atoms with Crippen molar-refractivity contribution in [1.29, 1.82) is 0 Å². The zero-order valence-electron chi connectivity index (χ0n) is 15.3. The van der Waals surface area contributed by atoms with E-state index in [9.17, 15) is 9.59 Å². The maximum Gasteiger partial charge on any atom is 0.293 e. The van der Waals surface area contributed by atoms with Gasteiger partial charge in [0, 0.05) is 24.6 Å². The molecule has 1 aliphatic heterocycles. The van der Waals surface area contributed by atoms with Crippen molar-refractivity contribution >= 4 is 11.8 Å². The van der Waals surface area contributed by atoms with Gasteiger partial charge in [0.25, 0.3) is 5.91 Å². The van der Waals surface area contributed by atoms with Gasteiger partial charge in [-0.25, -0.2) is 0 Å². The lowest BCUT2D eigenvalue weighted by atomic mass is 9.93. The molecule has 0 bridgehead atoms. The Morgan fingerprint density at radius 3 is 2.54 bits per heavy atom. The summed E-state index contributed by atoms with van der Waals surface area (Å²) >= 11 is 0. The number of carbonyl (C=O) groups is 2. The molecule has 1 aliphatic rings. The standard InChI is InChI=1S/C21H19N3O4/c1-27-16-8-6-13(7-9-16)17-11-19(28-23-17)21(26)24-12-15-5-3-2-4-14(15)10-18(24)20(22)25/h2-9,11,18H,10,12H2,1H3,(H2,22,25). The number of benzene rings is 2. The van der Waals surface area contributed by atoms with Gasteiger partial charge in [0.05, 0.1) is 7.11 Å². The molecule has 7 nitrogen and oxygen atoms in total. The van der Waals surface area contributed by atoms with Gasteiger partial charge in [0.1, 0.15) is 17.5 Å². The molecule has 2 amide bonds. The highest BCUT2D eigenvalue weighted by atomic mass is 16.5. The van der Waals surface area contributed by atoms with E-state index >= 15 is 0 Å². The Kier molecular flexibility index (Phi) is 4.57. The number of rotatable bonds is 4. The van der Waals surface area contributed by atoms with E-state index in [-0.39, 0.29) is 5.76 Å². The fraction of sp³-hybridized carbons (Fsp3) is 0.190. The lowest BCUT2D eigenvalue weighted by Gasteiger charge is -2.34. The second-order valence-electron chi connectivity index (χ2n) is 6.63. The highest BCUT2D eigenvalue weighted by Crippen LogP contribution is 2.27. The summed E-state index contributed by atoms with van der Waals surface area (Å²) in [4.78, 5) is 26.4. The molecule has 2 N–H and O–H groups in total. The van der Waals surface area contributed by atoms with Crippen LogP contribution in [0.1, 0.15) is 21.7 Å². The van der Waals surface area contributed by atoms with E-state index in [1.165, 1.54) is 4.90 Å². The van der Waals surface area contributed by atoms with Gasteiger partial charge in [-0.2, -0.15) is 0 Å². The Bertz CT molecular complexity index is 1030. The average molecular weight is 377 g/mol. The largest absolute Gasteiger partial charge is 0.497 e. The summed E-state index contributed by atoms with van der Waals surface area (Å²) in [5, 5.41) is 3.99. The van der Waals surface area contributed by atoms with Gasteiger partial charge in [0.2, 0.25) is 11.7 Å². The van der Waals surface area contributed by atoms with Crippen LogP contribution in [-0.2, 0) is 17.8 Å². The normalized spacial score (nSPS) is 15.8. The predicted octanol–water partition coefficient (Wildman–Crippen LogP) is 2.40. The second-order valence-corrected chi connectivity index (χ2v) is 6.63. The second kappa shape index (κ2) is 7.19. The van der Waals surface area contributed by atoms with Gasteiger partial charge in [-0.3, -0.25) is 9.59 Å². The number of fused-ring (bicyclic) bond motifs is 1. The summed E-state index contributed by atoms with van der Waals surface area (Å²) in [5.74, 6) is -0.167. The Balaban J connectivity index is 1.61. The zero-order valence-corrected chi connectivity index (χ0v) is 15.3. The van der Waals surface area contributed by atoms with Crippen LogP contribution in [0.25, 0.3) is 11.3 Å². The van der Waals surface area contributed by atoms with Crippen LogP contribution in [0.4, 0.5) is 0 Å². The minimum absolute atomic E-state index is 0.0662. The first-order valence-corrected chi connectivity index (χ1v) is 8.85. The number of carbonyl (C=O) groups excluding carboxylic acids is 2. The third-order valence-electron chi connectivity index (χ3n) is 4.94. The molecule has 2 aromatic carbocycles. The van der Waals surface area contributed by atoms with Gasteiger partial charge in [-0.15, -0.1) is 0 Å². The molecule has 0 radical (unpaired) electrons. The summed E-state index contributed by atoms with van der Waals surface area (Å²) in [5.41, 5.74) is 8.89. The smallest absolute Gasteiger partial charge is 0.293 e. The van der Waals surface area contributed by atoms with Crippen molar-refractivity contribution in [3.8, 4) is 17.0 Å². The predicted molar refractivity (Wildman–Crippen MR) is 101 cm³/mol. The monoisotopic (exact) mass is 377 g/mol. The average Bonchev–Trinajstić information content (AvgIpc) is 3.22. The lowest BCUT2D eigenvalue weighted by Crippen LogP contribution is -2.51. The molecule has 0 spiro atoms. The molecule has 1 atom stereocenters. The van der Waals surface area contributed by atoms with Crippen molar-refractivity contribution in [3.05, 3.63) is 71.5 Å². The van der Waals surface area contributed by atoms with Crippen LogP contribution < -0.4 is 10.5 Å². The Hall–Kier alpha value is -3.61. The van der Waals surface area contributed by atoms with Crippen molar-refractivity contribution < 1.29 is 18.8 Å². The number of hydrogen-bond acceptors (Lipinski definition) is 5. The summed E-state index contributed by atoms with van der Waals surface area (Å²) < 4.78 is 10.4. The maximum absolute atomic E-state index is 13.0. The maximum atomic E-state index is 13.0. The SMILES string of the molecule is COc1ccc(-c2cc(C(=O)N3Cc4ccccc4CC3C(N)=O)on2)cc1. The molecule has 1 unspecified atom stereocenters. The van der Waals surface area contributed by atoms with Gasteiger partial charge in [-0.05, 0) is 35.4 Å². The third kappa shape index (κ3) is 3.22. The highest BCUT2D eigenvalue weighted by molar-refractivity contribution is 5.96. The van der Waals surface area contributed by atoms with Crippen molar-refractivity contribution in [2.24, 2.45) is 5.73 Å². The fourth-order valence-electron chi connectivity index (χ4n) is 3.41. The fourth-order valence-corrected chi connectivity index (χ4v) is 3.41. The number of amides is 2. The van der Waals surface area contributed by atoms with Gasteiger partial charge in [-0.1, -0.05) is 29.4 Å². The van der Waals surface area contributed by atoms with Crippen molar-refractivity contribution in [1.82, 2.24) is 10.1 Å². The molecule has 142 valence electrons. The quantitative estimate of drug-likeness (QED) is 0.753. The van der Waals surface area contributed by atoms with Gasteiger partial charge < -0.3 is 19.9 Å². The lowest BCUT2D eigenvalue weighted by molar-refractivity contribution is -0.122. The van der Waals surface area contributed by atoms with E-state index in [1.807, 2.05) is 36.4 Å². The molecule has 3 aromatic rings. The van der Waals surface area contributed by atoms with Crippen LogP contribution in [0.3, 0.4) is 0 Å². The molecule has 7 heteroatoms. The highest BCUT2D eigenvalue weighted by Gasteiger charge is 2.35. The van der Waals surface area contributed by atoms with Crippen molar-refractivity contribution in [2.75, 3.05) is 7.11 Å². The van der Waals surface area contributed by atoms with E-state index < -0.39 is 17.9 Å². The summed E-state index contributed by atoms with van der Waals surface area (Å²) in [6, 6.07) is 15.8. The number of nitrogens with two attached hydrogens (primary N) is 1. The summed E-state index contributed by atoms with van der Waals surface area (Å²) in [7, 11) is 1.59. The van der Waals surface area contributed by atoms with Crippen LogP contribution in [0.15, 0.2) is 59.1 Å². The molecular weight excluding hydrogens is 358 g/mol. The molecule has 4 rings (SSSR count). The molecule has 2 heterocycles. The molecule has 28 heavy (non-hydrogen) atoms. The first-order chi connectivity index (χ1) is 13.6. The molecule has 0 aliphatic carbocycles. The van der Waals surface area contributed by atoms with E-state index in [0.717, 1.165) is 22.4 Å². The van der Waals surface area contributed by atoms with E-state index in [1.54, 1.807) is 25.3 Å².